The summed E-state index contributed by atoms with van der Waals surface area (Å²) in [5, 5.41) is 6.34. The summed E-state index contributed by atoms with van der Waals surface area (Å²) in [6.45, 7) is 2.06. The number of pyridine rings is 1. The number of halogens is 1. The van der Waals surface area contributed by atoms with Crippen molar-refractivity contribution in [3.05, 3.63) is 47.6 Å². The first-order valence-electron chi connectivity index (χ1n) is 6.10. The third-order valence-corrected chi connectivity index (χ3v) is 2.62. The van der Waals surface area contributed by atoms with E-state index in [1.807, 2.05) is 18.2 Å². The number of nitrogens with one attached hydrogen (secondary N) is 2. The molecule has 0 spiro atoms. The summed E-state index contributed by atoms with van der Waals surface area (Å²) in [6, 6.07) is 10.9. The van der Waals surface area contributed by atoms with Gasteiger partial charge in [0.2, 0.25) is 0 Å². The van der Waals surface area contributed by atoms with Crippen molar-refractivity contribution in [2.24, 2.45) is 0 Å². The molecule has 20 heavy (non-hydrogen) atoms. The predicted octanol–water partition coefficient (Wildman–Crippen LogP) is 4.05. The van der Waals surface area contributed by atoms with Crippen molar-refractivity contribution in [3.63, 3.8) is 0 Å². The number of hydrogen-bond donors (Lipinski definition) is 2. The third-order valence-electron chi connectivity index (χ3n) is 2.38. The van der Waals surface area contributed by atoms with Gasteiger partial charge in [-0.15, -0.1) is 0 Å². The number of carbonyl (C=O) groups is 1. The number of ether oxygens (including phenoxy) is 1. The van der Waals surface area contributed by atoms with Gasteiger partial charge >= 0.3 is 6.09 Å². The molecule has 1 heterocycles. The largest absolute Gasteiger partial charge is 0.450 e. The van der Waals surface area contributed by atoms with Gasteiger partial charge in [0.05, 0.1) is 18.5 Å². The Hall–Kier alpha value is -2.27. The van der Waals surface area contributed by atoms with Crippen LogP contribution in [-0.2, 0) is 4.74 Å². The van der Waals surface area contributed by atoms with Crippen molar-refractivity contribution < 1.29 is 9.53 Å². The molecular formula is C14H14ClN3O2. The molecule has 1 amide bonds. The Balaban J connectivity index is 1.99. The van der Waals surface area contributed by atoms with E-state index < -0.39 is 6.09 Å². The van der Waals surface area contributed by atoms with Gasteiger partial charge in [-0.05, 0) is 37.3 Å². The molecule has 0 saturated heterocycles. The molecule has 0 bridgehead atoms. The minimum absolute atomic E-state index is 0.320. The van der Waals surface area contributed by atoms with Crippen molar-refractivity contribution >= 4 is 34.9 Å². The number of rotatable bonds is 4. The van der Waals surface area contributed by atoms with Crippen LogP contribution >= 0.6 is 11.6 Å². The number of carbonyl (C=O) groups excluding carboxylic acids is 1. The normalized spacial score (nSPS) is 9.90. The Morgan fingerprint density at radius 3 is 2.80 bits per heavy atom. The van der Waals surface area contributed by atoms with E-state index in [0.717, 1.165) is 11.4 Å². The Labute approximate surface area is 121 Å². The summed E-state index contributed by atoms with van der Waals surface area (Å²) in [7, 11) is 0. The molecule has 0 atom stereocenters. The molecular weight excluding hydrogens is 278 g/mol. The van der Waals surface area contributed by atoms with Crippen LogP contribution in [0.1, 0.15) is 6.92 Å². The molecule has 104 valence electrons. The SMILES string of the molecule is CCOC(=O)Nc1ccc(Nc2cccc(Cl)c2)cn1. The molecule has 2 aromatic rings. The molecule has 1 aromatic carbocycles. The van der Waals surface area contributed by atoms with Crippen LogP contribution in [-0.4, -0.2) is 17.7 Å². The van der Waals surface area contributed by atoms with Crippen LogP contribution in [0, 0.1) is 0 Å². The molecule has 0 aliphatic rings. The molecule has 5 nitrogen and oxygen atoms in total. The van der Waals surface area contributed by atoms with Crippen LogP contribution in [0.25, 0.3) is 0 Å². The van der Waals surface area contributed by atoms with Gasteiger partial charge in [0.15, 0.2) is 0 Å². The standard InChI is InChI=1S/C14H14ClN3O2/c1-2-20-14(19)18-13-7-6-12(9-16-13)17-11-5-3-4-10(15)8-11/h3-9,17H,2H2,1H3,(H,16,18,19). The van der Waals surface area contributed by atoms with Crippen LogP contribution in [0.15, 0.2) is 42.6 Å². The zero-order valence-corrected chi connectivity index (χ0v) is 11.6. The van der Waals surface area contributed by atoms with Gasteiger partial charge in [-0.3, -0.25) is 5.32 Å². The van der Waals surface area contributed by atoms with Crippen LogP contribution in [0.3, 0.4) is 0 Å². The average Bonchev–Trinajstić information content (AvgIpc) is 2.41. The molecule has 0 aliphatic heterocycles. The van der Waals surface area contributed by atoms with Gasteiger partial charge in [-0.25, -0.2) is 9.78 Å². The molecule has 2 N–H and O–H groups in total. The Morgan fingerprint density at radius 1 is 1.30 bits per heavy atom. The fourth-order valence-electron chi connectivity index (χ4n) is 1.55. The second kappa shape index (κ2) is 6.77. The van der Waals surface area contributed by atoms with E-state index in [0.29, 0.717) is 17.4 Å². The van der Waals surface area contributed by atoms with Crippen LogP contribution < -0.4 is 10.6 Å². The van der Waals surface area contributed by atoms with E-state index in [1.54, 1.807) is 31.3 Å². The highest BCUT2D eigenvalue weighted by atomic mass is 35.5. The number of amides is 1. The summed E-state index contributed by atoms with van der Waals surface area (Å²) < 4.78 is 4.76. The highest BCUT2D eigenvalue weighted by Crippen LogP contribution is 2.20. The van der Waals surface area contributed by atoms with Gasteiger partial charge < -0.3 is 10.1 Å². The van der Waals surface area contributed by atoms with Crippen molar-refractivity contribution in [2.75, 3.05) is 17.2 Å². The molecule has 2 rings (SSSR count). The lowest BCUT2D eigenvalue weighted by molar-refractivity contribution is 0.168. The molecule has 6 heteroatoms. The van der Waals surface area contributed by atoms with Gasteiger partial charge in [-0.1, -0.05) is 17.7 Å². The number of hydrogen-bond acceptors (Lipinski definition) is 4. The van der Waals surface area contributed by atoms with Gasteiger partial charge in [-0.2, -0.15) is 0 Å². The monoisotopic (exact) mass is 291 g/mol. The molecule has 0 radical (unpaired) electrons. The van der Waals surface area contributed by atoms with E-state index in [9.17, 15) is 4.79 Å². The quantitative estimate of drug-likeness (QED) is 0.892. The molecule has 1 aromatic heterocycles. The van der Waals surface area contributed by atoms with Crippen LogP contribution in [0.5, 0.6) is 0 Å². The van der Waals surface area contributed by atoms with E-state index in [1.165, 1.54) is 0 Å². The van der Waals surface area contributed by atoms with Gasteiger partial charge in [0.25, 0.3) is 0 Å². The fraction of sp³-hybridized carbons (Fsp3) is 0.143. The maximum Gasteiger partial charge on any atom is 0.412 e. The lowest BCUT2D eigenvalue weighted by Gasteiger charge is -2.08. The first-order chi connectivity index (χ1) is 9.67. The fourth-order valence-corrected chi connectivity index (χ4v) is 1.74. The molecule has 0 fully saturated rings. The van der Waals surface area contributed by atoms with Crippen molar-refractivity contribution in [3.8, 4) is 0 Å². The van der Waals surface area contributed by atoms with E-state index >= 15 is 0 Å². The smallest absolute Gasteiger partial charge is 0.412 e. The zero-order chi connectivity index (χ0) is 14.4. The second-order valence-electron chi connectivity index (χ2n) is 3.91. The van der Waals surface area contributed by atoms with E-state index in [2.05, 4.69) is 15.6 Å². The first kappa shape index (κ1) is 14.1. The first-order valence-corrected chi connectivity index (χ1v) is 6.47. The average molecular weight is 292 g/mol. The number of anilines is 3. The minimum Gasteiger partial charge on any atom is -0.450 e. The lowest BCUT2D eigenvalue weighted by atomic mass is 10.3. The lowest BCUT2D eigenvalue weighted by Crippen LogP contribution is -2.14. The zero-order valence-electron chi connectivity index (χ0n) is 10.9. The highest BCUT2D eigenvalue weighted by molar-refractivity contribution is 6.30. The summed E-state index contributed by atoms with van der Waals surface area (Å²) in [5.74, 6) is 0.431. The maximum atomic E-state index is 11.2. The van der Waals surface area contributed by atoms with E-state index in [4.69, 9.17) is 16.3 Å². The van der Waals surface area contributed by atoms with Gasteiger partial charge in [0, 0.05) is 10.7 Å². The van der Waals surface area contributed by atoms with Crippen molar-refractivity contribution in [2.45, 2.75) is 6.92 Å². The number of aromatic nitrogens is 1. The van der Waals surface area contributed by atoms with Gasteiger partial charge in [0.1, 0.15) is 5.82 Å². The molecule has 0 saturated carbocycles. The third kappa shape index (κ3) is 4.13. The summed E-state index contributed by atoms with van der Waals surface area (Å²) >= 11 is 5.91. The molecule has 0 aliphatic carbocycles. The Morgan fingerprint density at radius 2 is 2.15 bits per heavy atom. The van der Waals surface area contributed by atoms with E-state index in [-0.39, 0.29) is 0 Å². The summed E-state index contributed by atoms with van der Waals surface area (Å²) in [6.07, 6.45) is 1.10. The topological polar surface area (TPSA) is 63.2 Å². The second-order valence-corrected chi connectivity index (χ2v) is 4.35. The Kier molecular flexibility index (Phi) is 4.79. The Bertz CT molecular complexity index is 587. The van der Waals surface area contributed by atoms with Crippen LogP contribution in [0.4, 0.5) is 22.0 Å². The minimum atomic E-state index is -0.518. The van der Waals surface area contributed by atoms with Crippen LogP contribution in [0.2, 0.25) is 5.02 Å². The predicted molar refractivity (Wildman–Crippen MR) is 79.6 cm³/mol. The summed E-state index contributed by atoms with van der Waals surface area (Å²) in [5.41, 5.74) is 1.66. The maximum absolute atomic E-state index is 11.2. The number of nitrogens with zero attached hydrogens (tertiary/aromatic N) is 1. The van der Waals surface area contributed by atoms with Crippen molar-refractivity contribution in [1.82, 2.24) is 4.98 Å². The summed E-state index contributed by atoms with van der Waals surface area (Å²) in [4.78, 5) is 15.3. The number of benzene rings is 1. The molecule has 0 unspecified atom stereocenters. The highest BCUT2D eigenvalue weighted by Gasteiger charge is 2.03. The van der Waals surface area contributed by atoms with Crippen molar-refractivity contribution in [1.29, 1.82) is 0 Å².